The lowest BCUT2D eigenvalue weighted by Gasteiger charge is -2.14. The average molecular weight is 390 g/mol. The third kappa shape index (κ3) is 3.63. The van der Waals surface area contributed by atoms with Gasteiger partial charge in [0.25, 0.3) is 5.56 Å². The molecule has 0 saturated heterocycles. The Hall–Kier alpha value is -3.48. The minimum absolute atomic E-state index is 0.0938. The molecule has 4 rings (SSSR count). The lowest BCUT2D eigenvalue weighted by molar-refractivity contribution is 0.368. The molecule has 148 valence electrons. The molecule has 0 N–H and O–H groups in total. The molecule has 0 amide bonds. The van der Waals surface area contributed by atoms with Crippen molar-refractivity contribution in [3.05, 3.63) is 80.8 Å². The van der Waals surface area contributed by atoms with Gasteiger partial charge in [-0.25, -0.2) is 4.79 Å². The molecule has 0 fully saturated rings. The van der Waals surface area contributed by atoms with Gasteiger partial charge in [0.1, 0.15) is 6.54 Å². The van der Waals surface area contributed by atoms with Gasteiger partial charge in [0.15, 0.2) is 0 Å². The zero-order chi connectivity index (χ0) is 20.5. The molecule has 7 nitrogen and oxygen atoms in total. The number of aromatic nitrogens is 4. The fourth-order valence-electron chi connectivity index (χ4n) is 3.32. The zero-order valence-electron chi connectivity index (χ0n) is 16.6. The first kappa shape index (κ1) is 18.9. The third-order valence-corrected chi connectivity index (χ3v) is 4.75. The van der Waals surface area contributed by atoms with Gasteiger partial charge in [0.05, 0.1) is 10.9 Å². The van der Waals surface area contributed by atoms with Crippen molar-refractivity contribution >= 4 is 10.9 Å². The Morgan fingerprint density at radius 2 is 1.72 bits per heavy atom. The lowest BCUT2D eigenvalue weighted by Crippen LogP contribution is -2.41. The average Bonchev–Trinajstić information content (AvgIpc) is 3.17. The molecule has 29 heavy (non-hydrogen) atoms. The van der Waals surface area contributed by atoms with Crippen LogP contribution < -0.4 is 11.2 Å². The Balaban J connectivity index is 1.79. The molecule has 0 saturated carbocycles. The smallest absolute Gasteiger partial charge is 0.331 e. The molecule has 0 atom stereocenters. The number of fused-ring (bicyclic) bond motifs is 1. The fourth-order valence-corrected chi connectivity index (χ4v) is 3.32. The van der Waals surface area contributed by atoms with Gasteiger partial charge in [-0.05, 0) is 25.0 Å². The molecule has 0 spiro atoms. The van der Waals surface area contributed by atoms with Crippen LogP contribution in [-0.4, -0.2) is 19.3 Å². The third-order valence-electron chi connectivity index (χ3n) is 4.75. The summed E-state index contributed by atoms with van der Waals surface area (Å²) in [5.41, 5.74) is 1.88. The first-order chi connectivity index (χ1) is 13.9. The molecular weight excluding hydrogens is 368 g/mol. The van der Waals surface area contributed by atoms with E-state index in [0.29, 0.717) is 29.2 Å². The Morgan fingerprint density at radius 1 is 1.00 bits per heavy atom. The topological polar surface area (TPSA) is 82.9 Å². The van der Waals surface area contributed by atoms with Crippen LogP contribution in [0.2, 0.25) is 0 Å². The minimum atomic E-state index is -0.377. The summed E-state index contributed by atoms with van der Waals surface area (Å²) in [6, 6.07) is 14.9. The van der Waals surface area contributed by atoms with E-state index in [-0.39, 0.29) is 23.7 Å². The number of hydrogen-bond donors (Lipinski definition) is 0. The first-order valence-electron chi connectivity index (χ1n) is 9.56. The van der Waals surface area contributed by atoms with Crippen LogP contribution in [0, 0.1) is 12.8 Å². The van der Waals surface area contributed by atoms with E-state index in [4.69, 9.17) is 4.52 Å². The van der Waals surface area contributed by atoms with Gasteiger partial charge in [-0.3, -0.25) is 13.9 Å². The van der Waals surface area contributed by atoms with Gasteiger partial charge < -0.3 is 4.52 Å². The quantitative estimate of drug-likeness (QED) is 0.522. The Kier molecular flexibility index (Phi) is 4.88. The summed E-state index contributed by atoms with van der Waals surface area (Å²) in [5.74, 6) is 0.932. The number of benzene rings is 2. The molecule has 0 unspecified atom stereocenters. The minimum Gasteiger partial charge on any atom is -0.337 e. The maximum atomic E-state index is 13.1. The number of para-hydroxylation sites is 1. The fraction of sp³-hybridized carbons (Fsp3) is 0.273. The van der Waals surface area contributed by atoms with Crippen molar-refractivity contribution in [1.29, 1.82) is 0 Å². The van der Waals surface area contributed by atoms with E-state index in [1.807, 2.05) is 45.0 Å². The summed E-state index contributed by atoms with van der Waals surface area (Å²) >= 11 is 0. The molecule has 0 radical (unpaired) electrons. The SMILES string of the molecule is Cc1ccc(-c2noc(Cn3c(=O)n(CC(C)C)c(=O)c4ccccc43)n2)cc1. The molecule has 2 aromatic heterocycles. The molecule has 0 aliphatic rings. The van der Waals surface area contributed by atoms with Gasteiger partial charge >= 0.3 is 5.69 Å². The van der Waals surface area contributed by atoms with Crippen LogP contribution in [0.3, 0.4) is 0 Å². The molecule has 2 heterocycles. The molecular formula is C22H22N4O3. The highest BCUT2D eigenvalue weighted by Crippen LogP contribution is 2.17. The van der Waals surface area contributed by atoms with Crippen LogP contribution >= 0.6 is 0 Å². The normalized spacial score (nSPS) is 11.4. The summed E-state index contributed by atoms with van der Waals surface area (Å²) < 4.78 is 8.20. The lowest BCUT2D eigenvalue weighted by atomic mass is 10.1. The standard InChI is InChI=1S/C22H22N4O3/c1-14(2)12-26-21(27)17-6-4-5-7-18(17)25(22(26)28)13-19-23-20(24-29-19)16-10-8-15(3)9-11-16/h4-11,14H,12-13H2,1-3H3. The van der Waals surface area contributed by atoms with Crippen molar-refractivity contribution in [1.82, 2.24) is 19.3 Å². The second-order valence-corrected chi connectivity index (χ2v) is 7.57. The van der Waals surface area contributed by atoms with Crippen LogP contribution in [0.4, 0.5) is 0 Å². The second-order valence-electron chi connectivity index (χ2n) is 7.57. The molecule has 2 aromatic carbocycles. The maximum absolute atomic E-state index is 13.1. The van der Waals surface area contributed by atoms with E-state index in [2.05, 4.69) is 10.1 Å². The van der Waals surface area contributed by atoms with Crippen molar-refractivity contribution in [3.63, 3.8) is 0 Å². The zero-order valence-corrected chi connectivity index (χ0v) is 16.6. The summed E-state index contributed by atoms with van der Waals surface area (Å²) in [6.45, 7) is 6.39. The van der Waals surface area contributed by atoms with E-state index in [1.165, 1.54) is 9.13 Å². The number of hydrogen-bond acceptors (Lipinski definition) is 5. The predicted molar refractivity (Wildman–Crippen MR) is 111 cm³/mol. The van der Waals surface area contributed by atoms with Gasteiger partial charge in [-0.1, -0.05) is 61.0 Å². The van der Waals surface area contributed by atoms with Gasteiger partial charge in [-0.15, -0.1) is 0 Å². The molecule has 0 aliphatic carbocycles. The Bertz CT molecular complexity index is 1280. The largest absolute Gasteiger partial charge is 0.337 e. The van der Waals surface area contributed by atoms with Crippen LogP contribution in [0.1, 0.15) is 25.3 Å². The first-order valence-corrected chi connectivity index (χ1v) is 9.56. The Labute approximate surface area is 167 Å². The van der Waals surface area contributed by atoms with Crippen LogP contribution in [0.25, 0.3) is 22.3 Å². The molecule has 4 aromatic rings. The molecule has 7 heteroatoms. The van der Waals surface area contributed by atoms with E-state index < -0.39 is 0 Å². The molecule has 0 aliphatic heterocycles. The van der Waals surface area contributed by atoms with E-state index in [1.54, 1.807) is 24.3 Å². The van der Waals surface area contributed by atoms with E-state index >= 15 is 0 Å². The van der Waals surface area contributed by atoms with Crippen LogP contribution in [0.15, 0.2) is 62.6 Å². The van der Waals surface area contributed by atoms with Gasteiger partial charge in [0.2, 0.25) is 11.7 Å². The van der Waals surface area contributed by atoms with Crippen molar-refractivity contribution in [2.75, 3.05) is 0 Å². The predicted octanol–water partition coefficient (Wildman–Crippen LogP) is 3.23. The monoisotopic (exact) mass is 390 g/mol. The van der Waals surface area contributed by atoms with E-state index in [9.17, 15) is 9.59 Å². The van der Waals surface area contributed by atoms with Crippen molar-refractivity contribution < 1.29 is 4.52 Å². The van der Waals surface area contributed by atoms with Crippen LogP contribution in [-0.2, 0) is 13.1 Å². The van der Waals surface area contributed by atoms with Gasteiger partial charge in [-0.2, -0.15) is 4.98 Å². The summed E-state index contributed by atoms with van der Waals surface area (Å²) in [4.78, 5) is 30.3. The van der Waals surface area contributed by atoms with Crippen molar-refractivity contribution in [2.24, 2.45) is 5.92 Å². The van der Waals surface area contributed by atoms with Crippen LogP contribution in [0.5, 0.6) is 0 Å². The van der Waals surface area contributed by atoms with E-state index in [0.717, 1.165) is 11.1 Å². The molecule has 0 bridgehead atoms. The number of aryl methyl sites for hydroxylation is 1. The number of rotatable bonds is 5. The maximum Gasteiger partial charge on any atom is 0.331 e. The summed E-state index contributed by atoms with van der Waals surface area (Å²) in [6.07, 6.45) is 0. The van der Waals surface area contributed by atoms with Crippen molar-refractivity contribution in [3.8, 4) is 11.4 Å². The highest BCUT2D eigenvalue weighted by molar-refractivity contribution is 5.77. The second kappa shape index (κ2) is 7.50. The number of nitrogens with zero attached hydrogens (tertiary/aromatic N) is 4. The van der Waals surface area contributed by atoms with Crippen molar-refractivity contribution in [2.45, 2.75) is 33.9 Å². The highest BCUT2D eigenvalue weighted by atomic mass is 16.5. The summed E-state index contributed by atoms with van der Waals surface area (Å²) in [5, 5.41) is 4.53. The summed E-state index contributed by atoms with van der Waals surface area (Å²) in [7, 11) is 0. The highest BCUT2D eigenvalue weighted by Gasteiger charge is 2.16. The van der Waals surface area contributed by atoms with Gasteiger partial charge in [0, 0.05) is 12.1 Å². The Morgan fingerprint density at radius 3 is 2.45 bits per heavy atom.